The molecule has 0 unspecified atom stereocenters. The zero-order chi connectivity index (χ0) is 11.4. The first-order chi connectivity index (χ1) is 7.74. The van der Waals surface area contributed by atoms with Gasteiger partial charge in [-0.2, -0.15) is 0 Å². The normalized spacial score (nSPS) is 15.4. The number of benzene rings is 1. The molecule has 0 fully saturated rings. The van der Waals surface area contributed by atoms with Gasteiger partial charge in [0, 0.05) is 5.02 Å². The van der Waals surface area contributed by atoms with Gasteiger partial charge >= 0.3 is 0 Å². The molecule has 1 aliphatic carbocycles. The van der Waals surface area contributed by atoms with Crippen molar-refractivity contribution >= 4 is 11.6 Å². The first-order valence-corrected chi connectivity index (χ1v) is 5.86. The lowest BCUT2D eigenvalue weighted by atomic mass is 10.1. The van der Waals surface area contributed by atoms with Crippen molar-refractivity contribution < 1.29 is 4.74 Å². The standard InChI is InChI=1S/C14H15ClO/c1-11-4-2-7-14(8-11)16-10-12-5-3-6-13(15)9-12/h3,5-9H,2,4,10H2,1H3. The Morgan fingerprint density at radius 1 is 1.38 bits per heavy atom. The van der Waals surface area contributed by atoms with Gasteiger partial charge in [0.15, 0.2) is 0 Å². The lowest BCUT2D eigenvalue weighted by molar-refractivity contribution is 0.208. The first-order valence-electron chi connectivity index (χ1n) is 5.48. The van der Waals surface area contributed by atoms with Crippen molar-refractivity contribution in [3.8, 4) is 0 Å². The Balaban J connectivity index is 1.95. The summed E-state index contributed by atoms with van der Waals surface area (Å²) in [6, 6.07) is 7.76. The van der Waals surface area contributed by atoms with Crippen LogP contribution in [-0.4, -0.2) is 0 Å². The summed E-state index contributed by atoms with van der Waals surface area (Å²) in [4.78, 5) is 0. The van der Waals surface area contributed by atoms with E-state index < -0.39 is 0 Å². The maximum absolute atomic E-state index is 5.91. The molecular formula is C14H15ClO. The Labute approximate surface area is 101 Å². The quantitative estimate of drug-likeness (QED) is 0.749. The first kappa shape index (κ1) is 11.3. The van der Waals surface area contributed by atoms with Gasteiger partial charge in [0.05, 0.1) is 0 Å². The third kappa shape index (κ3) is 3.14. The van der Waals surface area contributed by atoms with Crippen LogP contribution in [0.5, 0.6) is 0 Å². The molecule has 0 radical (unpaired) electrons. The largest absolute Gasteiger partial charge is 0.489 e. The minimum absolute atomic E-state index is 0.580. The second-order valence-electron chi connectivity index (χ2n) is 4.05. The Kier molecular flexibility index (Phi) is 3.68. The molecule has 0 atom stereocenters. The van der Waals surface area contributed by atoms with Crippen LogP contribution < -0.4 is 0 Å². The average Bonchev–Trinajstić information content (AvgIpc) is 2.27. The molecule has 0 N–H and O–H groups in total. The molecule has 16 heavy (non-hydrogen) atoms. The summed E-state index contributed by atoms with van der Waals surface area (Å²) in [5.41, 5.74) is 2.48. The number of rotatable bonds is 3. The molecule has 2 rings (SSSR count). The van der Waals surface area contributed by atoms with Crippen LogP contribution in [0.1, 0.15) is 25.3 Å². The zero-order valence-electron chi connectivity index (χ0n) is 9.37. The molecule has 0 spiro atoms. The van der Waals surface area contributed by atoms with E-state index in [0.717, 1.165) is 29.2 Å². The fourth-order valence-corrected chi connectivity index (χ4v) is 1.92. The number of hydrogen-bond acceptors (Lipinski definition) is 1. The lowest BCUT2D eigenvalue weighted by Gasteiger charge is -2.12. The van der Waals surface area contributed by atoms with E-state index in [1.165, 1.54) is 5.57 Å². The van der Waals surface area contributed by atoms with Crippen LogP contribution in [0.2, 0.25) is 5.02 Å². The van der Waals surface area contributed by atoms with E-state index in [1.54, 1.807) is 0 Å². The van der Waals surface area contributed by atoms with Crippen LogP contribution in [0.4, 0.5) is 0 Å². The van der Waals surface area contributed by atoms with E-state index >= 15 is 0 Å². The van der Waals surface area contributed by atoms with Crippen molar-refractivity contribution in [2.24, 2.45) is 0 Å². The van der Waals surface area contributed by atoms with Crippen molar-refractivity contribution in [1.29, 1.82) is 0 Å². The van der Waals surface area contributed by atoms with Crippen molar-refractivity contribution in [2.75, 3.05) is 0 Å². The summed E-state index contributed by atoms with van der Waals surface area (Å²) in [5, 5.41) is 0.755. The molecule has 0 saturated carbocycles. The minimum atomic E-state index is 0.580. The second kappa shape index (κ2) is 5.22. The van der Waals surface area contributed by atoms with E-state index in [2.05, 4.69) is 19.1 Å². The maximum Gasteiger partial charge on any atom is 0.115 e. The van der Waals surface area contributed by atoms with Gasteiger partial charge in [0.1, 0.15) is 12.4 Å². The van der Waals surface area contributed by atoms with E-state index in [9.17, 15) is 0 Å². The smallest absolute Gasteiger partial charge is 0.115 e. The fourth-order valence-electron chi connectivity index (χ4n) is 1.71. The van der Waals surface area contributed by atoms with Gasteiger partial charge < -0.3 is 4.74 Å². The van der Waals surface area contributed by atoms with Gasteiger partial charge in [-0.05, 0) is 49.6 Å². The van der Waals surface area contributed by atoms with Gasteiger partial charge in [-0.15, -0.1) is 0 Å². The Bertz CT molecular complexity index is 432. The Morgan fingerprint density at radius 2 is 2.25 bits per heavy atom. The third-order valence-corrected chi connectivity index (χ3v) is 2.80. The van der Waals surface area contributed by atoms with Crippen molar-refractivity contribution in [2.45, 2.75) is 26.4 Å². The van der Waals surface area contributed by atoms with Gasteiger partial charge in [0.2, 0.25) is 0 Å². The highest BCUT2D eigenvalue weighted by atomic mass is 35.5. The molecule has 1 aromatic carbocycles. The molecule has 0 aromatic heterocycles. The second-order valence-corrected chi connectivity index (χ2v) is 4.49. The lowest BCUT2D eigenvalue weighted by Crippen LogP contribution is -1.96. The van der Waals surface area contributed by atoms with Crippen LogP contribution >= 0.6 is 11.6 Å². The number of hydrogen-bond donors (Lipinski definition) is 0. The summed E-state index contributed by atoms with van der Waals surface area (Å²) in [7, 11) is 0. The minimum Gasteiger partial charge on any atom is -0.489 e. The number of allylic oxidation sites excluding steroid dienone is 3. The third-order valence-electron chi connectivity index (χ3n) is 2.57. The Morgan fingerprint density at radius 3 is 3.00 bits per heavy atom. The summed E-state index contributed by atoms with van der Waals surface area (Å²) in [6.07, 6.45) is 6.46. The van der Waals surface area contributed by atoms with Crippen LogP contribution in [0, 0.1) is 0 Å². The molecule has 1 aromatic rings. The summed E-state index contributed by atoms with van der Waals surface area (Å²) >= 11 is 5.91. The SMILES string of the molecule is CC1=CC(OCc2cccc(Cl)c2)=CCC1. The highest BCUT2D eigenvalue weighted by molar-refractivity contribution is 6.30. The highest BCUT2D eigenvalue weighted by Crippen LogP contribution is 2.19. The van der Waals surface area contributed by atoms with Gasteiger partial charge in [-0.1, -0.05) is 29.3 Å². The molecule has 1 nitrogen and oxygen atoms in total. The van der Waals surface area contributed by atoms with Crippen LogP contribution in [0.3, 0.4) is 0 Å². The monoisotopic (exact) mass is 234 g/mol. The Hall–Kier alpha value is -1.21. The molecule has 1 aliphatic rings. The highest BCUT2D eigenvalue weighted by Gasteiger charge is 2.03. The zero-order valence-corrected chi connectivity index (χ0v) is 10.1. The average molecular weight is 235 g/mol. The molecule has 0 amide bonds. The molecule has 0 bridgehead atoms. The van der Waals surface area contributed by atoms with Crippen molar-refractivity contribution in [1.82, 2.24) is 0 Å². The number of ether oxygens (including phenoxy) is 1. The van der Waals surface area contributed by atoms with Crippen LogP contribution in [0.25, 0.3) is 0 Å². The molecule has 0 aliphatic heterocycles. The van der Waals surface area contributed by atoms with Crippen molar-refractivity contribution in [3.63, 3.8) is 0 Å². The van der Waals surface area contributed by atoms with E-state index in [0.29, 0.717) is 6.61 Å². The molecule has 2 heteroatoms. The molecular weight excluding hydrogens is 220 g/mol. The van der Waals surface area contributed by atoms with Crippen molar-refractivity contribution in [3.05, 3.63) is 58.3 Å². The van der Waals surface area contributed by atoms with Crippen LogP contribution in [-0.2, 0) is 11.3 Å². The maximum atomic E-state index is 5.91. The molecule has 84 valence electrons. The topological polar surface area (TPSA) is 9.23 Å². The summed E-state index contributed by atoms with van der Waals surface area (Å²) in [5.74, 6) is 0.976. The van der Waals surface area contributed by atoms with Gasteiger partial charge in [-0.3, -0.25) is 0 Å². The predicted molar refractivity (Wildman–Crippen MR) is 67.3 cm³/mol. The van der Waals surface area contributed by atoms with E-state index in [-0.39, 0.29) is 0 Å². The van der Waals surface area contributed by atoms with E-state index in [1.807, 2.05) is 24.3 Å². The molecule has 0 saturated heterocycles. The summed E-state index contributed by atoms with van der Waals surface area (Å²) in [6.45, 7) is 2.71. The van der Waals surface area contributed by atoms with E-state index in [4.69, 9.17) is 16.3 Å². The summed E-state index contributed by atoms with van der Waals surface area (Å²) < 4.78 is 5.72. The van der Waals surface area contributed by atoms with Crippen LogP contribution in [0.15, 0.2) is 47.7 Å². The molecule has 0 heterocycles. The van der Waals surface area contributed by atoms with Gasteiger partial charge in [-0.25, -0.2) is 0 Å². The fraction of sp³-hybridized carbons (Fsp3) is 0.286. The van der Waals surface area contributed by atoms with Gasteiger partial charge in [0.25, 0.3) is 0 Å². The predicted octanol–water partition coefficient (Wildman–Crippen LogP) is 4.48. The number of halogens is 1.